The van der Waals surface area contributed by atoms with Gasteiger partial charge in [-0.25, -0.2) is 13.4 Å². The molecular formula is C24H28F3N3O4S. The predicted octanol–water partition coefficient (Wildman–Crippen LogP) is 3.97. The van der Waals surface area contributed by atoms with E-state index in [0.717, 1.165) is 5.56 Å². The van der Waals surface area contributed by atoms with Gasteiger partial charge in [-0.1, -0.05) is 38.5 Å². The minimum Gasteiger partial charge on any atom is -0.380 e. The molecule has 190 valence electrons. The summed E-state index contributed by atoms with van der Waals surface area (Å²) in [5.74, 6) is -0.942. The largest absolute Gasteiger partial charge is 0.417 e. The Morgan fingerprint density at radius 3 is 2.40 bits per heavy atom. The van der Waals surface area contributed by atoms with Gasteiger partial charge in [0.2, 0.25) is 5.91 Å². The summed E-state index contributed by atoms with van der Waals surface area (Å²) in [7, 11) is -3.60. The Labute approximate surface area is 201 Å². The quantitative estimate of drug-likeness (QED) is 0.422. The summed E-state index contributed by atoms with van der Waals surface area (Å²) in [5.41, 5.74) is 2.53. The molecule has 1 amide bonds. The van der Waals surface area contributed by atoms with Gasteiger partial charge in [-0.2, -0.15) is 13.2 Å². The van der Waals surface area contributed by atoms with Crippen LogP contribution >= 0.6 is 0 Å². The Morgan fingerprint density at radius 1 is 1.17 bits per heavy atom. The third-order valence-electron chi connectivity index (χ3n) is 6.15. The zero-order chi connectivity index (χ0) is 26.4. The lowest BCUT2D eigenvalue weighted by Gasteiger charge is -2.38. The number of carbonyl (C=O) groups excluding carboxylic acids is 1. The second-order valence-electron chi connectivity index (χ2n) is 9.49. The monoisotopic (exact) mass is 511 g/mol. The first-order valence-electron chi connectivity index (χ1n) is 10.9. The molecule has 0 spiro atoms. The zero-order valence-electron chi connectivity index (χ0n) is 19.8. The van der Waals surface area contributed by atoms with Crippen LogP contribution in [0.25, 0.3) is 10.9 Å². The van der Waals surface area contributed by atoms with Gasteiger partial charge >= 0.3 is 6.18 Å². The fraction of sp³-hybridized carbons (Fsp3) is 0.417. The molecule has 35 heavy (non-hydrogen) atoms. The molecule has 2 aromatic heterocycles. The highest BCUT2D eigenvalue weighted by Gasteiger charge is 2.56. The Balaban J connectivity index is 2.03. The number of benzene rings is 1. The number of hydrogen-bond acceptors (Lipinski definition) is 5. The molecule has 0 fully saturated rings. The number of carbonyl (C=O) groups is 1. The molecule has 3 aromatic rings. The van der Waals surface area contributed by atoms with Gasteiger partial charge in [-0.05, 0) is 42.5 Å². The van der Waals surface area contributed by atoms with Crippen molar-refractivity contribution in [1.82, 2.24) is 9.97 Å². The van der Waals surface area contributed by atoms with Gasteiger partial charge in [0.25, 0.3) is 0 Å². The van der Waals surface area contributed by atoms with Crippen molar-refractivity contribution in [2.45, 2.75) is 62.8 Å². The molecule has 0 saturated carbocycles. The normalized spacial score (nSPS) is 14.7. The maximum Gasteiger partial charge on any atom is 0.417 e. The molecule has 0 bridgehead atoms. The summed E-state index contributed by atoms with van der Waals surface area (Å²) in [4.78, 5) is 18.6. The maximum atomic E-state index is 14.2. The number of nitrogens with one attached hydrogen (secondary N) is 1. The van der Waals surface area contributed by atoms with Crippen LogP contribution in [0.2, 0.25) is 0 Å². The van der Waals surface area contributed by atoms with Crippen molar-refractivity contribution in [2.24, 2.45) is 5.73 Å². The minimum atomic E-state index is -5.01. The molecule has 1 atom stereocenters. The van der Waals surface area contributed by atoms with Crippen LogP contribution in [-0.2, 0) is 21.7 Å². The van der Waals surface area contributed by atoms with E-state index in [4.69, 9.17) is 5.73 Å². The number of fused-ring (bicyclic) bond motifs is 1. The molecule has 1 unspecified atom stereocenters. The number of aromatic nitrogens is 2. The number of pyridine rings is 1. The number of aryl methyl sites for hydroxylation is 1. The topological polar surface area (TPSA) is 126 Å². The van der Waals surface area contributed by atoms with Crippen LogP contribution < -0.4 is 5.73 Å². The Kier molecular flexibility index (Phi) is 6.82. The first-order valence-corrected chi connectivity index (χ1v) is 12.5. The third-order valence-corrected chi connectivity index (χ3v) is 7.77. The van der Waals surface area contributed by atoms with E-state index in [2.05, 4.69) is 9.97 Å². The van der Waals surface area contributed by atoms with Crippen LogP contribution in [0, 0.1) is 6.92 Å². The Bertz CT molecular complexity index is 1380. The highest BCUT2D eigenvalue weighted by molar-refractivity contribution is 7.91. The molecule has 0 saturated heterocycles. The van der Waals surface area contributed by atoms with E-state index in [9.17, 15) is 31.5 Å². The van der Waals surface area contributed by atoms with Crippen molar-refractivity contribution in [1.29, 1.82) is 0 Å². The van der Waals surface area contributed by atoms with E-state index in [1.54, 1.807) is 19.1 Å². The lowest BCUT2D eigenvalue weighted by molar-refractivity contribution is -0.266. The summed E-state index contributed by atoms with van der Waals surface area (Å²) < 4.78 is 67.0. The van der Waals surface area contributed by atoms with E-state index in [1.807, 2.05) is 0 Å². The number of hydrogen-bond donors (Lipinski definition) is 3. The van der Waals surface area contributed by atoms with Crippen molar-refractivity contribution < 1.29 is 31.5 Å². The number of nitrogens with two attached hydrogens (primary N) is 1. The van der Waals surface area contributed by atoms with Gasteiger partial charge in [0.05, 0.1) is 17.5 Å². The first kappa shape index (κ1) is 26.7. The van der Waals surface area contributed by atoms with E-state index in [1.165, 1.54) is 45.2 Å². The van der Waals surface area contributed by atoms with Gasteiger partial charge in [0.1, 0.15) is 0 Å². The van der Waals surface area contributed by atoms with E-state index >= 15 is 0 Å². The van der Waals surface area contributed by atoms with Gasteiger partial charge < -0.3 is 15.8 Å². The second-order valence-corrected chi connectivity index (χ2v) is 11.7. The van der Waals surface area contributed by atoms with Crippen LogP contribution in [0.15, 0.2) is 41.6 Å². The van der Waals surface area contributed by atoms with E-state index in [0.29, 0.717) is 16.5 Å². The number of primary amides is 1. The van der Waals surface area contributed by atoms with E-state index < -0.39 is 45.8 Å². The van der Waals surface area contributed by atoms with Gasteiger partial charge in [-0.15, -0.1) is 0 Å². The van der Waals surface area contributed by atoms with Crippen molar-refractivity contribution in [3.63, 3.8) is 0 Å². The second kappa shape index (κ2) is 8.94. The molecule has 4 N–H and O–H groups in total. The van der Waals surface area contributed by atoms with Gasteiger partial charge in [0.15, 0.2) is 20.5 Å². The molecule has 1 aromatic carbocycles. The Morgan fingerprint density at radius 2 is 1.83 bits per heavy atom. The van der Waals surface area contributed by atoms with Crippen molar-refractivity contribution in [3.8, 4) is 0 Å². The average Bonchev–Trinajstić information content (AvgIpc) is 3.13. The number of alkyl halides is 3. The number of amides is 1. The predicted molar refractivity (Wildman–Crippen MR) is 126 cm³/mol. The van der Waals surface area contributed by atoms with E-state index in [-0.39, 0.29) is 22.0 Å². The first-order chi connectivity index (χ1) is 16.0. The molecule has 3 rings (SSSR count). The fourth-order valence-electron chi connectivity index (χ4n) is 4.32. The summed E-state index contributed by atoms with van der Waals surface area (Å²) in [6.07, 6.45) is -5.34. The maximum absolute atomic E-state index is 14.2. The number of aromatic amines is 1. The lowest BCUT2D eigenvalue weighted by Crippen LogP contribution is -2.51. The van der Waals surface area contributed by atoms with Crippen molar-refractivity contribution in [2.75, 3.05) is 5.75 Å². The molecule has 7 nitrogen and oxygen atoms in total. The lowest BCUT2D eigenvalue weighted by atomic mass is 9.71. The number of aliphatic hydroxyl groups is 1. The average molecular weight is 512 g/mol. The number of rotatable bonds is 8. The Hall–Kier alpha value is -2.92. The fourth-order valence-corrected chi connectivity index (χ4v) is 5.14. The number of H-pyrrole nitrogens is 1. The number of nitrogens with zero attached hydrogens (tertiary/aromatic N) is 1. The molecule has 0 aliphatic carbocycles. The van der Waals surface area contributed by atoms with Crippen LogP contribution in [0.1, 0.15) is 54.4 Å². The molecule has 0 radical (unpaired) electrons. The molecule has 0 aliphatic heterocycles. The summed E-state index contributed by atoms with van der Waals surface area (Å²) in [6.45, 7) is 6.24. The van der Waals surface area contributed by atoms with Gasteiger partial charge in [0, 0.05) is 23.1 Å². The van der Waals surface area contributed by atoms with Gasteiger partial charge in [-0.3, -0.25) is 4.79 Å². The zero-order valence-corrected chi connectivity index (χ0v) is 20.6. The summed E-state index contributed by atoms with van der Waals surface area (Å²) in [5, 5.41) is 11.2. The smallest absolute Gasteiger partial charge is 0.380 e. The van der Waals surface area contributed by atoms with Crippen LogP contribution in [-0.4, -0.2) is 46.9 Å². The number of sulfone groups is 1. The highest BCUT2D eigenvalue weighted by atomic mass is 32.2. The summed E-state index contributed by atoms with van der Waals surface area (Å²) in [6, 6.07) is 7.36. The van der Waals surface area contributed by atoms with Crippen LogP contribution in [0.4, 0.5) is 13.2 Å². The molecule has 2 heterocycles. The van der Waals surface area contributed by atoms with Crippen molar-refractivity contribution in [3.05, 3.63) is 58.9 Å². The minimum absolute atomic E-state index is 0.0582. The molecule has 11 heteroatoms. The van der Waals surface area contributed by atoms with Crippen LogP contribution in [0.5, 0.6) is 0 Å². The standard InChI is InChI=1S/C24H28F3N3O4S/c1-5-35(33,34)20-10-15-9-16(30-19(15)12-29-20)11-23(32,24(25,26)27)13-22(3,4)18-8-14(2)6-7-17(18)21(28)31/h6-10,12,30,32H,5,11,13H2,1-4H3,(H2,28,31). The molecular weight excluding hydrogens is 483 g/mol. The SMILES string of the molecule is CCS(=O)(=O)c1cc2cc(CC(O)(CC(C)(C)c3cc(C)ccc3C(N)=O)C(F)(F)F)[nH]c2cn1. The third kappa shape index (κ3) is 5.35. The van der Waals surface area contributed by atoms with Crippen molar-refractivity contribution >= 4 is 26.6 Å². The van der Waals surface area contributed by atoms with Crippen LogP contribution in [0.3, 0.4) is 0 Å². The highest BCUT2D eigenvalue weighted by Crippen LogP contribution is 2.44. The molecule has 0 aliphatic rings. The number of halogens is 3. The summed E-state index contributed by atoms with van der Waals surface area (Å²) >= 11 is 0.